The number of nitriles is 2. The number of pyridine rings is 1. The summed E-state index contributed by atoms with van der Waals surface area (Å²) in [5, 5.41) is 26.9. The predicted molar refractivity (Wildman–Crippen MR) is 105 cm³/mol. The number of nitrogens with one attached hydrogen (secondary N) is 1. The Labute approximate surface area is 157 Å². The van der Waals surface area contributed by atoms with Gasteiger partial charge in [0.05, 0.1) is 28.6 Å². The van der Waals surface area contributed by atoms with E-state index in [2.05, 4.69) is 11.1 Å². The summed E-state index contributed by atoms with van der Waals surface area (Å²) in [6.45, 7) is 0. The molecule has 3 rings (SSSR count). The first kappa shape index (κ1) is 17.7. The van der Waals surface area contributed by atoms with Crippen LogP contribution < -0.4 is 10.6 Å². The van der Waals surface area contributed by atoms with Crippen LogP contribution in [0.2, 0.25) is 0 Å². The zero-order chi connectivity index (χ0) is 19.4. The van der Waals surface area contributed by atoms with Crippen LogP contribution >= 0.6 is 0 Å². The Morgan fingerprint density at radius 3 is 2.44 bits per heavy atom. The summed E-state index contributed by atoms with van der Waals surface area (Å²) >= 11 is 0. The largest absolute Gasteiger partial charge is 0.398 e. The average molecular weight is 352 g/mol. The van der Waals surface area contributed by atoms with Gasteiger partial charge < -0.3 is 10.6 Å². The van der Waals surface area contributed by atoms with Gasteiger partial charge in [-0.1, -0.05) is 0 Å². The smallest absolute Gasteiger partial charge is 0.101 e. The van der Waals surface area contributed by atoms with E-state index in [1.54, 1.807) is 48.8 Å². The van der Waals surface area contributed by atoms with Crippen LogP contribution in [0.25, 0.3) is 0 Å². The van der Waals surface area contributed by atoms with Gasteiger partial charge in [-0.05, 0) is 48.5 Å². The summed E-state index contributed by atoms with van der Waals surface area (Å²) in [5.74, 6) is 0. The van der Waals surface area contributed by atoms with E-state index in [1.165, 1.54) is 0 Å². The maximum absolute atomic E-state index is 9.42. The highest BCUT2D eigenvalue weighted by molar-refractivity contribution is 6.14. The van der Waals surface area contributed by atoms with Gasteiger partial charge in [0, 0.05) is 41.9 Å². The average Bonchev–Trinajstić information content (AvgIpc) is 2.73. The van der Waals surface area contributed by atoms with Crippen molar-refractivity contribution in [2.24, 2.45) is 0 Å². The third-order valence-corrected chi connectivity index (χ3v) is 4.27. The van der Waals surface area contributed by atoms with Crippen molar-refractivity contribution in [3.8, 4) is 12.1 Å². The number of benzene rings is 2. The molecule has 0 aliphatic heterocycles. The topological polar surface area (TPSA) is 114 Å². The molecule has 0 aliphatic rings. The summed E-state index contributed by atoms with van der Waals surface area (Å²) in [7, 11) is 1.83. The Balaban J connectivity index is 2.03. The Hall–Kier alpha value is -4.16. The lowest BCUT2D eigenvalue weighted by Crippen LogP contribution is -2.13. The summed E-state index contributed by atoms with van der Waals surface area (Å²) < 4.78 is 0. The molecule has 0 amide bonds. The number of hydrogen-bond acceptors (Lipinski definition) is 6. The lowest BCUT2D eigenvalue weighted by Gasteiger charge is -2.22. The molecule has 3 aromatic rings. The lowest BCUT2D eigenvalue weighted by atomic mass is 10.0. The molecule has 6 heteroatoms. The number of aromatic nitrogens is 1. The molecule has 1 heterocycles. The Kier molecular flexibility index (Phi) is 4.83. The Morgan fingerprint density at radius 1 is 1.04 bits per heavy atom. The molecule has 0 radical (unpaired) electrons. The molecule has 0 atom stereocenters. The third kappa shape index (κ3) is 3.46. The van der Waals surface area contributed by atoms with Crippen LogP contribution in [0.5, 0.6) is 0 Å². The van der Waals surface area contributed by atoms with Crippen molar-refractivity contribution >= 4 is 22.8 Å². The van der Waals surface area contributed by atoms with E-state index in [9.17, 15) is 5.26 Å². The molecule has 1 aromatic heterocycles. The SMILES string of the molecule is CN(c1ccc(N)c(C(=N)c2ccncc2)c1)c1ccc(C#N)cc1C#N. The van der Waals surface area contributed by atoms with E-state index in [4.69, 9.17) is 16.4 Å². The highest BCUT2D eigenvalue weighted by atomic mass is 15.1. The van der Waals surface area contributed by atoms with E-state index in [0.29, 0.717) is 39.3 Å². The number of hydrogen-bond donors (Lipinski definition) is 2. The highest BCUT2D eigenvalue weighted by Gasteiger charge is 2.14. The normalized spacial score (nSPS) is 9.89. The van der Waals surface area contributed by atoms with Gasteiger partial charge in [0.1, 0.15) is 6.07 Å². The minimum Gasteiger partial charge on any atom is -0.398 e. The highest BCUT2D eigenvalue weighted by Crippen LogP contribution is 2.30. The Bertz CT molecular complexity index is 1090. The number of nitrogens with two attached hydrogens (primary N) is 1. The molecule has 0 bridgehead atoms. The monoisotopic (exact) mass is 352 g/mol. The molecule has 0 saturated carbocycles. The van der Waals surface area contributed by atoms with E-state index < -0.39 is 0 Å². The summed E-state index contributed by atoms with van der Waals surface area (Å²) in [5.41, 5.74) is 10.5. The fraction of sp³-hybridized carbons (Fsp3) is 0.0476. The maximum atomic E-state index is 9.42. The van der Waals surface area contributed by atoms with Crippen LogP contribution in [0.1, 0.15) is 22.3 Å². The van der Waals surface area contributed by atoms with Gasteiger partial charge in [-0.2, -0.15) is 10.5 Å². The van der Waals surface area contributed by atoms with Gasteiger partial charge in [-0.15, -0.1) is 0 Å². The van der Waals surface area contributed by atoms with Gasteiger partial charge >= 0.3 is 0 Å². The van der Waals surface area contributed by atoms with Crippen LogP contribution in [0.15, 0.2) is 60.9 Å². The zero-order valence-corrected chi connectivity index (χ0v) is 14.6. The molecular formula is C21H16N6. The van der Waals surface area contributed by atoms with E-state index in [0.717, 1.165) is 5.69 Å². The third-order valence-electron chi connectivity index (χ3n) is 4.27. The van der Waals surface area contributed by atoms with Crippen molar-refractivity contribution in [3.63, 3.8) is 0 Å². The van der Waals surface area contributed by atoms with Crippen molar-refractivity contribution in [2.75, 3.05) is 17.7 Å². The number of anilines is 3. The van der Waals surface area contributed by atoms with Crippen LogP contribution in [-0.2, 0) is 0 Å². The fourth-order valence-electron chi connectivity index (χ4n) is 2.77. The van der Waals surface area contributed by atoms with Gasteiger partial charge in [-0.3, -0.25) is 10.4 Å². The van der Waals surface area contributed by atoms with Crippen molar-refractivity contribution in [1.29, 1.82) is 15.9 Å². The zero-order valence-electron chi connectivity index (χ0n) is 14.6. The number of nitrogen functional groups attached to an aromatic ring is 1. The van der Waals surface area contributed by atoms with Crippen molar-refractivity contribution in [3.05, 3.63) is 83.2 Å². The van der Waals surface area contributed by atoms with E-state index in [1.807, 2.05) is 30.1 Å². The van der Waals surface area contributed by atoms with Crippen LogP contribution in [0.3, 0.4) is 0 Å². The molecule has 130 valence electrons. The van der Waals surface area contributed by atoms with Crippen molar-refractivity contribution in [2.45, 2.75) is 0 Å². The van der Waals surface area contributed by atoms with Crippen molar-refractivity contribution < 1.29 is 0 Å². The molecule has 2 aromatic carbocycles. The van der Waals surface area contributed by atoms with Gasteiger partial charge in [-0.25, -0.2) is 0 Å². The first-order valence-electron chi connectivity index (χ1n) is 8.12. The number of nitrogens with zero attached hydrogens (tertiary/aromatic N) is 4. The molecular weight excluding hydrogens is 336 g/mol. The summed E-state index contributed by atoms with van der Waals surface area (Å²) in [6.07, 6.45) is 3.26. The van der Waals surface area contributed by atoms with Crippen LogP contribution in [0.4, 0.5) is 17.1 Å². The predicted octanol–water partition coefficient (Wildman–Crippen LogP) is 3.59. The lowest BCUT2D eigenvalue weighted by molar-refractivity contribution is 1.20. The van der Waals surface area contributed by atoms with Gasteiger partial charge in [0.2, 0.25) is 0 Å². The first-order valence-corrected chi connectivity index (χ1v) is 8.12. The molecule has 0 unspecified atom stereocenters. The first-order chi connectivity index (χ1) is 13.0. The second kappa shape index (κ2) is 7.38. The van der Waals surface area contributed by atoms with E-state index >= 15 is 0 Å². The van der Waals surface area contributed by atoms with Crippen LogP contribution in [-0.4, -0.2) is 17.7 Å². The molecule has 0 fully saturated rings. The second-order valence-electron chi connectivity index (χ2n) is 5.90. The second-order valence-corrected chi connectivity index (χ2v) is 5.90. The van der Waals surface area contributed by atoms with E-state index in [-0.39, 0.29) is 0 Å². The maximum Gasteiger partial charge on any atom is 0.101 e. The number of rotatable bonds is 4. The summed E-state index contributed by atoms with van der Waals surface area (Å²) in [4.78, 5) is 5.81. The Morgan fingerprint density at radius 2 is 1.78 bits per heavy atom. The fourth-order valence-corrected chi connectivity index (χ4v) is 2.77. The van der Waals surface area contributed by atoms with Gasteiger partial charge in [0.15, 0.2) is 0 Å². The quantitative estimate of drug-likeness (QED) is 0.550. The molecule has 0 saturated heterocycles. The van der Waals surface area contributed by atoms with Crippen LogP contribution in [0, 0.1) is 28.1 Å². The minimum atomic E-state index is 0.297. The molecule has 0 spiro atoms. The van der Waals surface area contributed by atoms with Crippen molar-refractivity contribution in [1.82, 2.24) is 4.98 Å². The molecule has 6 nitrogen and oxygen atoms in total. The minimum absolute atomic E-state index is 0.297. The molecule has 27 heavy (non-hydrogen) atoms. The molecule has 3 N–H and O–H groups in total. The summed E-state index contributed by atoms with van der Waals surface area (Å²) in [6, 6.07) is 18.0. The molecule has 0 aliphatic carbocycles. The standard InChI is InChI=1S/C21H16N6/c1-27(20-5-2-14(12-22)10-16(20)13-23)17-3-4-19(24)18(11-17)21(25)15-6-8-26-9-7-15/h2-11,25H,24H2,1H3. The van der Waals surface area contributed by atoms with Gasteiger partial charge in [0.25, 0.3) is 0 Å².